The lowest BCUT2D eigenvalue weighted by atomic mass is 10.2. The molecule has 1 unspecified atom stereocenters. The number of H-pyrrole nitrogens is 1. The maximum absolute atomic E-state index is 12.0. The van der Waals surface area contributed by atoms with E-state index >= 15 is 0 Å². The Bertz CT molecular complexity index is 721. The highest BCUT2D eigenvalue weighted by molar-refractivity contribution is 7.99. The van der Waals surface area contributed by atoms with Crippen LogP contribution in [0.5, 0.6) is 0 Å². The number of imidazole rings is 1. The monoisotopic (exact) mass is 353 g/mol. The zero-order chi connectivity index (χ0) is 17.5. The molecule has 0 aromatic carbocycles. The van der Waals surface area contributed by atoms with E-state index in [1.54, 1.807) is 0 Å². The Morgan fingerprint density at radius 2 is 2.17 bits per heavy atom. The summed E-state index contributed by atoms with van der Waals surface area (Å²) in [5.41, 5.74) is 2.78. The number of amides is 3. The summed E-state index contributed by atoms with van der Waals surface area (Å²) in [6.07, 6.45) is 2.34. The smallest absolute Gasteiger partial charge is 0.327 e. The second-order valence-electron chi connectivity index (χ2n) is 4.81. The summed E-state index contributed by atoms with van der Waals surface area (Å²) in [5.74, 6) is 0.413. The van der Waals surface area contributed by atoms with Gasteiger partial charge in [-0.1, -0.05) is 32.0 Å². The number of fused-ring (bicyclic) bond motifs is 1. The first kappa shape index (κ1) is 18.1. The van der Waals surface area contributed by atoms with E-state index in [1.807, 2.05) is 19.3 Å². The van der Waals surface area contributed by atoms with Crippen LogP contribution in [-0.4, -0.2) is 48.9 Å². The van der Waals surface area contributed by atoms with Crippen molar-refractivity contribution in [2.45, 2.75) is 37.9 Å². The Kier molecular flexibility index (Phi) is 6.46. The van der Waals surface area contributed by atoms with Crippen molar-refractivity contribution >= 4 is 40.7 Å². The number of urea groups is 1. The molecule has 2 rings (SSSR count). The van der Waals surface area contributed by atoms with Crippen LogP contribution >= 0.6 is 11.8 Å². The quantitative estimate of drug-likeness (QED) is 0.369. The molecule has 10 nitrogen and oxygen atoms in total. The van der Waals surface area contributed by atoms with Gasteiger partial charge in [0, 0.05) is 0 Å². The number of hydrogen-bond acceptors (Lipinski definition) is 8. The Labute approximate surface area is 142 Å². The van der Waals surface area contributed by atoms with Crippen molar-refractivity contribution in [1.29, 1.82) is 0 Å². The standard InChI is InChI=1S/C13H19N7O3S/c1-3-5-7(20-23)11(21)19-12(22)17-9-8-10(15-6-14-9)18-13(16-8)24-4-2/h6-7,20,23H,3-5H2,1-2H3,(H3,14,15,16,17,18,19,21,22). The van der Waals surface area contributed by atoms with Crippen LogP contribution in [0.3, 0.4) is 0 Å². The van der Waals surface area contributed by atoms with Gasteiger partial charge in [-0.3, -0.25) is 15.4 Å². The minimum atomic E-state index is -0.856. The average molecular weight is 353 g/mol. The first-order chi connectivity index (χ1) is 11.6. The van der Waals surface area contributed by atoms with E-state index in [4.69, 9.17) is 5.21 Å². The van der Waals surface area contributed by atoms with Gasteiger partial charge in [0.1, 0.15) is 17.9 Å². The van der Waals surface area contributed by atoms with E-state index in [2.05, 4.69) is 30.6 Å². The lowest BCUT2D eigenvalue weighted by molar-refractivity contribution is -0.124. The molecule has 1 atom stereocenters. The molecule has 0 radical (unpaired) electrons. The van der Waals surface area contributed by atoms with E-state index < -0.39 is 18.0 Å². The van der Waals surface area contributed by atoms with E-state index in [0.717, 1.165) is 5.75 Å². The van der Waals surface area contributed by atoms with Crippen LogP contribution < -0.4 is 16.1 Å². The number of thioether (sulfide) groups is 1. The van der Waals surface area contributed by atoms with E-state index in [1.165, 1.54) is 18.1 Å². The number of hydroxylamine groups is 1. The number of aromatic nitrogens is 4. The third-order valence-corrected chi connectivity index (χ3v) is 3.82. The minimum absolute atomic E-state index is 0.213. The molecule has 11 heteroatoms. The largest absolute Gasteiger partial charge is 0.328 e. The normalized spacial score (nSPS) is 12.1. The molecule has 5 N–H and O–H groups in total. The molecular weight excluding hydrogens is 334 g/mol. The highest BCUT2D eigenvalue weighted by atomic mass is 32.2. The van der Waals surface area contributed by atoms with Crippen molar-refractivity contribution < 1.29 is 14.8 Å². The molecular formula is C13H19N7O3S. The second kappa shape index (κ2) is 8.57. The maximum Gasteiger partial charge on any atom is 0.327 e. The molecule has 2 aromatic heterocycles. The van der Waals surface area contributed by atoms with Crippen LogP contribution in [-0.2, 0) is 4.79 Å². The summed E-state index contributed by atoms with van der Waals surface area (Å²) in [7, 11) is 0. The van der Waals surface area contributed by atoms with Crippen molar-refractivity contribution in [3.63, 3.8) is 0 Å². The van der Waals surface area contributed by atoms with Crippen molar-refractivity contribution in [3.05, 3.63) is 6.33 Å². The number of carbonyl (C=O) groups is 2. The third kappa shape index (κ3) is 4.40. The molecule has 0 fully saturated rings. The zero-order valence-electron chi connectivity index (χ0n) is 13.3. The Balaban J connectivity index is 2.08. The molecule has 2 heterocycles. The SMILES string of the molecule is CCCC(NO)C(=O)NC(=O)Nc1ncnc2nc(SCC)[nH]c12. The Morgan fingerprint density at radius 3 is 2.83 bits per heavy atom. The number of rotatable bonds is 7. The van der Waals surface area contributed by atoms with Crippen LogP contribution in [0.4, 0.5) is 10.6 Å². The van der Waals surface area contributed by atoms with Gasteiger partial charge in [-0.2, -0.15) is 5.48 Å². The number of aromatic amines is 1. The van der Waals surface area contributed by atoms with Gasteiger partial charge in [0.05, 0.1) is 0 Å². The lowest BCUT2D eigenvalue weighted by Crippen LogP contribution is -2.46. The summed E-state index contributed by atoms with van der Waals surface area (Å²) < 4.78 is 0. The van der Waals surface area contributed by atoms with Crippen LogP contribution in [0.2, 0.25) is 0 Å². The summed E-state index contributed by atoms with van der Waals surface area (Å²) in [5, 5.41) is 14.2. The number of nitrogens with one attached hydrogen (secondary N) is 4. The number of carbonyl (C=O) groups excluding carboxylic acids is 2. The van der Waals surface area contributed by atoms with Crippen LogP contribution in [0, 0.1) is 0 Å². The fourth-order valence-electron chi connectivity index (χ4n) is 1.99. The Morgan fingerprint density at radius 1 is 1.38 bits per heavy atom. The molecule has 0 bridgehead atoms. The second-order valence-corrected chi connectivity index (χ2v) is 6.06. The fraction of sp³-hybridized carbons (Fsp3) is 0.462. The summed E-state index contributed by atoms with van der Waals surface area (Å²) >= 11 is 1.50. The van der Waals surface area contributed by atoms with E-state index in [9.17, 15) is 9.59 Å². The minimum Gasteiger partial charge on any atom is -0.328 e. The topological polar surface area (TPSA) is 145 Å². The highest BCUT2D eigenvalue weighted by Crippen LogP contribution is 2.21. The first-order valence-corrected chi connectivity index (χ1v) is 8.42. The zero-order valence-corrected chi connectivity index (χ0v) is 14.1. The van der Waals surface area contributed by atoms with Crippen LogP contribution in [0.15, 0.2) is 11.5 Å². The fourth-order valence-corrected chi connectivity index (χ4v) is 2.59. The number of hydrogen-bond donors (Lipinski definition) is 5. The summed E-state index contributed by atoms with van der Waals surface area (Å²) in [6.45, 7) is 3.85. The van der Waals surface area contributed by atoms with Crippen molar-refractivity contribution in [1.82, 2.24) is 30.7 Å². The molecule has 0 saturated heterocycles. The molecule has 0 saturated carbocycles. The van der Waals surface area contributed by atoms with Gasteiger partial charge in [-0.05, 0) is 12.2 Å². The highest BCUT2D eigenvalue weighted by Gasteiger charge is 2.20. The number of anilines is 1. The van der Waals surface area contributed by atoms with Gasteiger partial charge in [-0.15, -0.1) is 0 Å². The predicted octanol–water partition coefficient (Wildman–Crippen LogP) is 1.26. The van der Waals surface area contributed by atoms with E-state index in [0.29, 0.717) is 29.2 Å². The first-order valence-electron chi connectivity index (χ1n) is 7.44. The van der Waals surface area contributed by atoms with Gasteiger partial charge in [0.25, 0.3) is 0 Å². The summed E-state index contributed by atoms with van der Waals surface area (Å²) in [6, 6.07) is -1.61. The molecule has 3 amide bonds. The summed E-state index contributed by atoms with van der Waals surface area (Å²) in [4.78, 5) is 39.2. The maximum atomic E-state index is 12.0. The van der Waals surface area contributed by atoms with Gasteiger partial charge in [0.15, 0.2) is 16.6 Å². The molecule has 0 spiro atoms. The molecule has 2 aromatic rings. The molecule has 24 heavy (non-hydrogen) atoms. The van der Waals surface area contributed by atoms with Gasteiger partial charge >= 0.3 is 6.03 Å². The van der Waals surface area contributed by atoms with E-state index in [-0.39, 0.29) is 5.82 Å². The average Bonchev–Trinajstić information content (AvgIpc) is 2.96. The number of imide groups is 1. The lowest BCUT2D eigenvalue weighted by Gasteiger charge is -2.13. The molecule has 0 aliphatic rings. The molecule has 130 valence electrons. The van der Waals surface area contributed by atoms with Crippen molar-refractivity contribution in [2.24, 2.45) is 0 Å². The van der Waals surface area contributed by atoms with Crippen LogP contribution in [0.1, 0.15) is 26.7 Å². The van der Waals surface area contributed by atoms with Crippen molar-refractivity contribution in [3.8, 4) is 0 Å². The van der Waals surface area contributed by atoms with Gasteiger partial charge < -0.3 is 10.2 Å². The Hall–Kier alpha value is -2.24. The van der Waals surface area contributed by atoms with Crippen molar-refractivity contribution in [2.75, 3.05) is 11.1 Å². The molecule has 0 aliphatic heterocycles. The van der Waals surface area contributed by atoms with Crippen LogP contribution in [0.25, 0.3) is 11.2 Å². The predicted molar refractivity (Wildman–Crippen MR) is 88.9 cm³/mol. The molecule has 0 aliphatic carbocycles. The number of nitrogens with zero attached hydrogens (tertiary/aromatic N) is 3. The van der Waals surface area contributed by atoms with Gasteiger partial charge in [0.2, 0.25) is 5.91 Å². The third-order valence-electron chi connectivity index (χ3n) is 3.07. The van der Waals surface area contributed by atoms with Gasteiger partial charge in [-0.25, -0.2) is 19.7 Å².